The van der Waals surface area contributed by atoms with E-state index in [1.165, 1.54) is 0 Å². The molecule has 0 aliphatic carbocycles. The van der Waals surface area contributed by atoms with Crippen LogP contribution in [0.25, 0.3) is 11.1 Å². The number of hydrogen-bond donors (Lipinski definition) is 1. The summed E-state index contributed by atoms with van der Waals surface area (Å²) in [6.07, 6.45) is 3.39. The van der Waals surface area contributed by atoms with Crippen LogP contribution < -0.4 is 0 Å². The summed E-state index contributed by atoms with van der Waals surface area (Å²) < 4.78 is 0. The van der Waals surface area contributed by atoms with Gasteiger partial charge < -0.3 is 4.98 Å². The van der Waals surface area contributed by atoms with Gasteiger partial charge in [-0.1, -0.05) is 23.2 Å². The Morgan fingerprint density at radius 1 is 1.07 bits per heavy atom. The van der Waals surface area contributed by atoms with Crippen LogP contribution >= 0.6 is 23.2 Å². The van der Waals surface area contributed by atoms with Crippen molar-refractivity contribution in [3.63, 3.8) is 0 Å². The van der Waals surface area contributed by atoms with Gasteiger partial charge in [-0.05, 0) is 23.8 Å². The Hall–Kier alpha value is -1.43. The van der Waals surface area contributed by atoms with Gasteiger partial charge in [-0.25, -0.2) is 0 Å². The van der Waals surface area contributed by atoms with Gasteiger partial charge in [-0.2, -0.15) is 5.26 Å². The number of halogens is 2. The van der Waals surface area contributed by atoms with Crippen molar-refractivity contribution in [2.24, 2.45) is 0 Å². The summed E-state index contributed by atoms with van der Waals surface area (Å²) in [6, 6.07) is 7.30. The highest BCUT2D eigenvalue weighted by Crippen LogP contribution is 2.28. The zero-order chi connectivity index (χ0) is 10.8. The van der Waals surface area contributed by atoms with E-state index in [9.17, 15) is 0 Å². The molecule has 1 N–H and O–H groups in total. The number of rotatable bonds is 1. The van der Waals surface area contributed by atoms with E-state index < -0.39 is 0 Å². The normalized spacial score (nSPS) is 9.93. The molecule has 0 amide bonds. The quantitative estimate of drug-likeness (QED) is 0.803. The topological polar surface area (TPSA) is 39.6 Å². The van der Waals surface area contributed by atoms with Gasteiger partial charge >= 0.3 is 0 Å². The van der Waals surface area contributed by atoms with E-state index in [1.807, 2.05) is 0 Å². The lowest BCUT2D eigenvalue weighted by atomic mass is 10.1. The first kappa shape index (κ1) is 10.1. The maximum Gasteiger partial charge on any atom is 0.101 e. The number of nitriles is 1. The third-order valence-corrected chi connectivity index (χ3v) is 2.48. The minimum absolute atomic E-state index is 0.558. The van der Waals surface area contributed by atoms with Crippen LogP contribution in [0.4, 0.5) is 0 Å². The van der Waals surface area contributed by atoms with Crippen LogP contribution in [0.5, 0.6) is 0 Å². The molecule has 0 aliphatic rings. The van der Waals surface area contributed by atoms with Crippen molar-refractivity contribution in [3.8, 4) is 17.2 Å². The van der Waals surface area contributed by atoms with Crippen LogP contribution in [-0.2, 0) is 0 Å². The highest BCUT2D eigenvalue weighted by Gasteiger charge is 2.07. The number of hydrogen-bond acceptors (Lipinski definition) is 1. The maximum absolute atomic E-state index is 8.87. The van der Waals surface area contributed by atoms with E-state index in [4.69, 9.17) is 28.5 Å². The lowest BCUT2D eigenvalue weighted by Crippen LogP contribution is -1.79. The first-order valence-corrected chi connectivity index (χ1v) is 4.99. The third-order valence-electron chi connectivity index (χ3n) is 2.04. The lowest BCUT2D eigenvalue weighted by Gasteiger charge is -2.01. The van der Waals surface area contributed by atoms with E-state index in [1.54, 1.807) is 30.6 Å². The van der Waals surface area contributed by atoms with E-state index in [2.05, 4.69) is 11.1 Å². The molecule has 0 unspecified atom stereocenters. The number of benzene rings is 1. The largest absolute Gasteiger partial charge is 0.366 e. The van der Waals surface area contributed by atoms with E-state index in [0.29, 0.717) is 15.6 Å². The van der Waals surface area contributed by atoms with Gasteiger partial charge in [-0.15, -0.1) is 0 Å². The molecule has 0 fully saturated rings. The van der Waals surface area contributed by atoms with E-state index in [0.717, 1.165) is 11.1 Å². The Morgan fingerprint density at radius 3 is 2.33 bits per heavy atom. The van der Waals surface area contributed by atoms with E-state index >= 15 is 0 Å². The molecule has 0 spiro atoms. The summed E-state index contributed by atoms with van der Waals surface area (Å²) in [6.45, 7) is 0. The van der Waals surface area contributed by atoms with Gasteiger partial charge in [0, 0.05) is 28.0 Å². The Morgan fingerprint density at radius 2 is 1.73 bits per heavy atom. The molecule has 1 heterocycles. The molecule has 4 heteroatoms. The standard InChI is InChI=1S/C11H6Cl2N2/c12-9-1-7(2-10(13)3-9)11-6-15-5-8(11)4-14/h1-3,5-6,15H. The van der Waals surface area contributed by atoms with Crippen LogP contribution in [0.2, 0.25) is 10.0 Å². The van der Waals surface area contributed by atoms with Crippen LogP contribution in [-0.4, -0.2) is 4.98 Å². The fourth-order valence-electron chi connectivity index (χ4n) is 1.40. The fraction of sp³-hybridized carbons (Fsp3) is 0. The average Bonchev–Trinajstić information content (AvgIpc) is 2.63. The fourth-order valence-corrected chi connectivity index (χ4v) is 1.93. The zero-order valence-corrected chi connectivity index (χ0v) is 9.10. The SMILES string of the molecule is N#Cc1c[nH]cc1-c1cc(Cl)cc(Cl)c1. The van der Waals surface area contributed by atoms with Crippen molar-refractivity contribution in [1.29, 1.82) is 5.26 Å². The summed E-state index contributed by atoms with van der Waals surface area (Å²) in [7, 11) is 0. The van der Waals surface area contributed by atoms with Gasteiger partial charge in [0.15, 0.2) is 0 Å². The highest BCUT2D eigenvalue weighted by atomic mass is 35.5. The number of aromatic nitrogens is 1. The zero-order valence-electron chi connectivity index (χ0n) is 7.59. The molecule has 1 aromatic heterocycles. The first-order chi connectivity index (χ1) is 7.20. The van der Waals surface area contributed by atoms with Crippen molar-refractivity contribution in [1.82, 2.24) is 4.98 Å². The van der Waals surface area contributed by atoms with Crippen molar-refractivity contribution in [3.05, 3.63) is 46.2 Å². The molecular weight excluding hydrogens is 231 g/mol. The Bertz CT molecular complexity index is 518. The maximum atomic E-state index is 8.87. The smallest absolute Gasteiger partial charge is 0.101 e. The van der Waals surface area contributed by atoms with Crippen LogP contribution in [0.3, 0.4) is 0 Å². The predicted molar refractivity (Wildman–Crippen MR) is 61.0 cm³/mol. The summed E-state index contributed by atoms with van der Waals surface area (Å²) in [4.78, 5) is 2.88. The summed E-state index contributed by atoms with van der Waals surface area (Å²) in [5, 5.41) is 9.99. The second-order valence-corrected chi connectivity index (χ2v) is 3.93. The molecule has 0 aliphatic heterocycles. The number of nitrogens with zero attached hydrogens (tertiary/aromatic N) is 1. The molecule has 15 heavy (non-hydrogen) atoms. The van der Waals surface area contributed by atoms with Crippen LogP contribution in [0.15, 0.2) is 30.6 Å². The van der Waals surface area contributed by atoms with Crippen molar-refractivity contribution in [2.45, 2.75) is 0 Å². The lowest BCUT2D eigenvalue weighted by molar-refractivity contribution is 1.40. The summed E-state index contributed by atoms with van der Waals surface area (Å²) >= 11 is 11.8. The van der Waals surface area contributed by atoms with Crippen LogP contribution in [0, 0.1) is 11.3 Å². The number of aromatic amines is 1. The molecule has 0 saturated carbocycles. The average molecular weight is 237 g/mol. The molecule has 2 aromatic rings. The number of H-pyrrole nitrogens is 1. The molecule has 0 atom stereocenters. The minimum Gasteiger partial charge on any atom is -0.366 e. The highest BCUT2D eigenvalue weighted by molar-refractivity contribution is 6.35. The second-order valence-electron chi connectivity index (χ2n) is 3.05. The molecule has 2 rings (SSSR count). The second kappa shape index (κ2) is 3.98. The first-order valence-electron chi connectivity index (χ1n) is 4.24. The minimum atomic E-state index is 0.558. The van der Waals surface area contributed by atoms with Gasteiger partial charge in [0.1, 0.15) is 6.07 Å². The molecule has 1 aromatic carbocycles. The predicted octanol–water partition coefficient (Wildman–Crippen LogP) is 3.86. The molecule has 2 nitrogen and oxygen atoms in total. The van der Waals surface area contributed by atoms with Crippen molar-refractivity contribution < 1.29 is 0 Å². The van der Waals surface area contributed by atoms with Gasteiger partial charge in [0.05, 0.1) is 5.56 Å². The molecule has 0 bridgehead atoms. The molecular formula is C11H6Cl2N2. The Balaban J connectivity index is 2.60. The van der Waals surface area contributed by atoms with Gasteiger partial charge in [0.25, 0.3) is 0 Å². The molecule has 0 radical (unpaired) electrons. The van der Waals surface area contributed by atoms with Gasteiger partial charge in [0.2, 0.25) is 0 Å². The monoisotopic (exact) mass is 236 g/mol. The Labute approximate surface area is 97.1 Å². The van der Waals surface area contributed by atoms with Crippen molar-refractivity contribution >= 4 is 23.2 Å². The Kier molecular flexibility index (Phi) is 2.68. The molecule has 74 valence electrons. The summed E-state index contributed by atoms with van der Waals surface area (Å²) in [5.74, 6) is 0. The van der Waals surface area contributed by atoms with Crippen LogP contribution in [0.1, 0.15) is 5.56 Å². The van der Waals surface area contributed by atoms with Crippen molar-refractivity contribution in [2.75, 3.05) is 0 Å². The number of nitrogens with one attached hydrogen (secondary N) is 1. The van der Waals surface area contributed by atoms with Gasteiger partial charge in [-0.3, -0.25) is 0 Å². The summed E-state index contributed by atoms with van der Waals surface area (Å²) in [5.41, 5.74) is 2.22. The third kappa shape index (κ3) is 1.99. The molecule has 0 saturated heterocycles. The van der Waals surface area contributed by atoms with E-state index in [-0.39, 0.29) is 0 Å².